The maximum absolute atomic E-state index is 12.8. The normalized spacial score (nSPS) is 10.2. The number of anilines is 2. The molecule has 0 fully saturated rings. The third kappa shape index (κ3) is 4.22. The van der Waals surface area contributed by atoms with Crippen LogP contribution >= 0.6 is 0 Å². The van der Waals surface area contributed by atoms with E-state index in [1.165, 1.54) is 24.3 Å². The molecular formula is C17H20FN3O. The topological polar surface area (TPSA) is 35.6 Å². The fourth-order valence-electron chi connectivity index (χ4n) is 2.00. The van der Waals surface area contributed by atoms with Crippen LogP contribution in [0.2, 0.25) is 0 Å². The van der Waals surface area contributed by atoms with E-state index in [1.807, 2.05) is 43.3 Å². The van der Waals surface area contributed by atoms with Crippen molar-refractivity contribution >= 4 is 17.4 Å². The molecule has 116 valence electrons. The molecule has 5 heteroatoms. The minimum atomic E-state index is -0.327. The molecule has 0 saturated heterocycles. The molecule has 22 heavy (non-hydrogen) atoms. The summed E-state index contributed by atoms with van der Waals surface area (Å²) in [6.07, 6.45) is 0. The Labute approximate surface area is 130 Å². The second-order valence-corrected chi connectivity index (χ2v) is 5.35. The van der Waals surface area contributed by atoms with Crippen molar-refractivity contribution in [3.8, 4) is 0 Å². The molecule has 2 aromatic rings. The maximum atomic E-state index is 12.8. The lowest BCUT2D eigenvalue weighted by Gasteiger charge is -2.19. The quantitative estimate of drug-likeness (QED) is 0.937. The van der Waals surface area contributed by atoms with Gasteiger partial charge in [-0.15, -0.1) is 0 Å². The van der Waals surface area contributed by atoms with Crippen LogP contribution in [0.3, 0.4) is 0 Å². The zero-order chi connectivity index (χ0) is 16.1. The third-order valence-corrected chi connectivity index (χ3v) is 3.31. The Balaban J connectivity index is 1.94. The van der Waals surface area contributed by atoms with Crippen LogP contribution in [-0.2, 0) is 6.54 Å². The van der Waals surface area contributed by atoms with Crippen LogP contribution in [0.4, 0.5) is 20.6 Å². The zero-order valence-electron chi connectivity index (χ0n) is 13.0. The number of carbonyl (C=O) groups is 1. The highest BCUT2D eigenvalue weighted by Gasteiger charge is 2.09. The molecule has 0 aliphatic carbocycles. The summed E-state index contributed by atoms with van der Waals surface area (Å²) < 4.78 is 12.8. The SMILES string of the molecule is CN(Cc1ccc(N(C)C)cc1)C(=O)Nc1ccc(F)cc1. The number of carbonyl (C=O) groups excluding carboxylic acids is 1. The van der Waals surface area contributed by atoms with Crippen LogP contribution in [0, 0.1) is 5.82 Å². The van der Waals surface area contributed by atoms with E-state index in [0.29, 0.717) is 12.2 Å². The molecule has 0 aromatic heterocycles. The number of benzene rings is 2. The van der Waals surface area contributed by atoms with Crippen molar-refractivity contribution < 1.29 is 9.18 Å². The van der Waals surface area contributed by atoms with Crippen molar-refractivity contribution in [3.05, 3.63) is 59.9 Å². The van der Waals surface area contributed by atoms with Gasteiger partial charge in [0.1, 0.15) is 5.82 Å². The lowest BCUT2D eigenvalue weighted by Crippen LogP contribution is -2.30. The smallest absolute Gasteiger partial charge is 0.321 e. The van der Waals surface area contributed by atoms with Crippen molar-refractivity contribution in [2.75, 3.05) is 31.4 Å². The summed E-state index contributed by atoms with van der Waals surface area (Å²) in [6.45, 7) is 0.501. The van der Waals surface area contributed by atoms with Crippen LogP contribution in [-0.4, -0.2) is 32.1 Å². The number of nitrogens with one attached hydrogen (secondary N) is 1. The van der Waals surface area contributed by atoms with E-state index in [-0.39, 0.29) is 11.8 Å². The summed E-state index contributed by atoms with van der Waals surface area (Å²) in [4.78, 5) is 15.7. The van der Waals surface area contributed by atoms with Crippen LogP contribution in [0.1, 0.15) is 5.56 Å². The number of nitrogens with zero attached hydrogens (tertiary/aromatic N) is 2. The number of rotatable bonds is 4. The molecule has 0 radical (unpaired) electrons. The zero-order valence-corrected chi connectivity index (χ0v) is 13.0. The highest BCUT2D eigenvalue weighted by molar-refractivity contribution is 5.89. The van der Waals surface area contributed by atoms with Crippen LogP contribution < -0.4 is 10.2 Å². The van der Waals surface area contributed by atoms with Crippen molar-refractivity contribution in [3.63, 3.8) is 0 Å². The highest BCUT2D eigenvalue weighted by Crippen LogP contribution is 2.14. The molecule has 0 aliphatic rings. The summed E-state index contributed by atoms with van der Waals surface area (Å²) in [6, 6.07) is 13.5. The lowest BCUT2D eigenvalue weighted by molar-refractivity contribution is 0.220. The Hall–Kier alpha value is -2.56. The molecule has 0 atom stereocenters. The van der Waals surface area contributed by atoms with E-state index < -0.39 is 0 Å². The Bertz CT molecular complexity index is 623. The molecule has 0 spiro atoms. The molecule has 2 aromatic carbocycles. The first kappa shape index (κ1) is 15.8. The Morgan fingerprint density at radius 3 is 2.14 bits per heavy atom. The van der Waals surface area contributed by atoms with E-state index in [9.17, 15) is 9.18 Å². The summed E-state index contributed by atoms with van der Waals surface area (Å²) >= 11 is 0. The molecule has 0 heterocycles. The largest absolute Gasteiger partial charge is 0.378 e. The van der Waals surface area contributed by atoms with Gasteiger partial charge in [-0.2, -0.15) is 0 Å². The van der Waals surface area contributed by atoms with Crippen molar-refractivity contribution in [1.82, 2.24) is 4.90 Å². The summed E-state index contributed by atoms with van der Waals surface area (Å²) in [5.41, 5.74) is 2.73. The van der Waals surface area contributed by atoms with E-state index in [2.05, 4.69) is 5.32 Å². The molecule has 4 nitrogen and oxygen atoms in total. The minimum Gasteiger partial charge on any atom is -0.378 e. The first-order chi connectivity index (χ1) is 10.5. The fraction of sp³-hybridized carbons (Fsp3) is 0.235. The Morgan fingerprint density at radius 1 is 1.00 bits per heavy atom. The van der Waals surface area contributed by atoms with E-state index in [1.54, 1.807) is 11.9 Å². The van der Waals surface area contributed by atoms with E-state index in [0.717, 1.165) is 11.3 Å². The Morgan fingerprint density at radius 2 is 1.59 bits per heavy atom. The van der Waals surface area contributed by atoms with Crippen LogP contribution in [0.5, 0.6) is 0 Å². The molecular weight excluding hydrogens is 281 g/mol. The van der Waals surface area contributed by atoms with Gasteiger partial charge in [-0.05, 0) is 42.0 Å². The monoisotopic (exact) mass is 301 g/mol. The van der Waals surface area contributed by atoms with Gasteiger partial charge in [0.2, 0.25) is 0 Å². The molecule has 1 N–H and O–H groups in total. The molecule has 0 unspecified atom stereocenters. The first-order valence-electron chi connectivity index (χ1n) is 6.99. The molecule has 0 bridgehead atoms. The number of hydrogen-bond acceptors (Lipinski definition) is 2. The molecule has 0 saturated carbocycles. The van der Waals surface area contributed by atoms with Gasteiger partial charge in [-0.3, -0.25) is 0 Å². The van der Waals surface area contributed by atoms with Crippen LogP contribution in [0.25, 0.3) is 0 Å². The van der Waals surface area contributed by atoms with Crippen molar-refractivity contribution in [1.29, 1.82) is 0 Å². The number of urea groups is 1. The average molecular weight is 301 g/mol. The van der Waals surface area contributed by atoms with Gasteiger partial charge < -0.3 is 15.1 Å². The summed E-state index contributed by atoms with van der Waals surface area (Å²) in [5.74, 6) is -0.327. The predicted octanol–water partition coefficient (Wildman–Crippen LogP) is 3.56. The van der Waals surface area contributed by atoms with Crippen molar-refractivity contribution in [2.45, 2.75) is 6.54 Å². The van der Waals surface area contributed by atoms with Gasteiger partial charge in [-0.25, -0.2) is 9.18 Å². The van der Waals surface area contributed by atoms with Gasteiger partial charge in [-0.1, -0.05) is 12.1 Å². The maximum Gasteiger partial charge on any atom is 0.321 e. The summed E-state index contributed by atoms with van der Waals surface area (Å²) in [5, 5.41) is 2.73. The molecule has 2 rings (SSSR count). The fourth-order valence-corrected chi connectivity index (χ4v) is 2.00. The number of amides is 2. The number of halogens is 1. The summed E-state index contributed by atoms with van der Waals surface area (Å²) in [7, 11) is 5.69. The third-order valence-electron chi connectivity index (χ3n) is 3.31. The highest BCUT2D eigenvalue weighted by atomic mass is 19.1. The van der Waals surface area contributed by atoms with E-state index >= 15 is 0 Å². The second-order valence-electron chi connectivity index (χ2n) is 5.35. The van der Waals surface area contributed by atoms with E-state index in [4.69, 9.17) is 0 Å². The van der Waals surface area contributed by atoms with Crippen LogP contribution in [0.15, 0.2) is 48.5 Å². The molecule has 0 aliphatic heterocycles. The second kappa shape index (κ2) is 6.93. The lowest BCUT2D eigenvalue weighted by atomic mass is 10.2. The van der Waals surface area contributed by atoms with Gasteiger partial charge in [0.25, 0.3) is 0 Å². The van der Waals surface area contributed by atoms with Gasteiger partial charge in [0.15, 0.2) is 0 Å². The average Bonchev–Trinajstić information content (AvgIpc) is 2.50. The number of hydrogen-bond donors (Lipinski definition) is 1. The van der Waals surface area contributed by atoms with Gasteiger partial charge >= 0.3 is 6.03 Å². The van der Waals surface area contributed by atoms with Gasteiger partial charge in [0, 0.05) is 39.1 Å². The Kier molecular flexibility index (Phi) is 4.99. The first-order valence-corrected chi connectivity index (χ1v) is 6.99. The van der Waals surface area contributed by atoms with Crippen molar-refractivity contribution in [2.24, 2.45) is 0 Å². The predicted molar refractivity (Wildman–Crippen MR) is 87.7 cm³/mol. The van der Waals surface area contributed by atoms with Gasteiger partial charge in [0.05, 0.1) is 0 Å². The minimum absolute atomic E-state index is 0.233. The standard InChI is InChI=1S/C17H20FN3O/c1-20(2)16-10-4-13(5-11-16)12-21(3)17(22)19-15-8-6-14(18)7-9-15/h4-11H,12H2,1-3H3,(H,19,22). The molecule has 2 amide bonds.